The minimum Gasteiger partial charge on any atom is -0.473 e. The van der Waals surface area contributed by atoms with E-state index in [-0.39, 0.29) is 7.48 Å². The largest absolute Gasteiger partial charge is 0.473 e. The highest BCUT2D eigenvalue weighted by Crippen LogP contribution is 2.16. The molecule has 0 fully saturated rings. The lowest BCUT2D eigenvalue weighted by molar-refractivity contribution is 0.295. The quantitative estimate of drug-likeness (QED) is 0.729. The fraction of sp³-hybridized carbons (Fsp3) is 0.0625. The molecule has 20 heavy (non-hydrogen) atoms. The molecule has 4 heteroatoms. The van der Waals surface area contributed by atoms with E-state index < -0.39 is 0 Å². The first-order chi connectivity index (χ1) is 9.85. The second-order valence-corrected chi connectivity index (χ2v) is 4.61. The van der Waals surface area contributed by atoms with Gasteiger partial charge >= 0.3 is 7.48 Å². The molecule has 0 aliphatic heterocycles. The number of hydrogen-bond donors (Lipinski definition) is 1. The molecule has 1 N–H and O–H groups in total. The number of pyridine rings is 1. The van der Waals surface area contributed by atoms with E-state index in [2.05, 4.69) is 4.98 Å². The van der Waals surface area contributed by atoms with Crippen molar-refractivity contribution in [2.24, 2.45) is 0 Å². The number of hydrogen-bond acceptors (Lipinski definition) is 3. The molecule has 3 nitrogen and oxygen atoms in total. The Bertz CT molecular complexity index is 716. The lowest BCUT2D eigenvalue weighted by Gasteiger charge is -2.07. The van der Waals surface area contributed by atoms with Crippen LogP contribution in [0.1, 0.15) is 5.56 Å². The van der Waals surface area contributed by atoms with E-state index in [1.807, 2.05) is 60.7 Å². The first-order valence-electron chi connectivity index (χ1n) is 6.52. The number of aromatic nitrogens is 1. The van der Waals surface area contributed by atoms with Crippen molar-refractivity contribution in [3.8, 4) is 5.88 Å². The summed E-state index contributed by atoms with van der Waals surface area (Å²) in [5.41, 5.74) is 2.87. The van der Waals surface area contributed by atoms with Gasteiger partial charge in [0.05, 0.1) is 5.52 Å². The van der Waals surface area contributed by atoms with Crippen molar-refractivity contribution in [2.45, 2.75) is 6.61 Å². The minimum absolute atomic E-state index is 0.0438. The molecule has 0 unspecified atom stereocenters. The average Bonchev–Trinajstić information content (AvgIpc) is 2.53. The summed E-state index contributed by atoms with van der Waals surface area (Å²) in [5, 5.41) is 10.1. The van der Waals surface area contributed by atoms with Gasteiger partial charge in [-0.05, 0) is 23.1 Å². The van der Waals surface area contributed by atoms with Gasteiger partial charge in [0.2, 0.25) is 5.88 Å². The van der Waals surface area contributed by atoms with Crippen molar-refractivity contribution in [2.75, 3.05) is 0 Å². The summed E-state index contributed by atoms with van der Waals surface area (Å²) in [5.74, 6) is 0.609. The van der Waals surface area contributed by atoms with E-state index in [1.54, 1.807) is 0 Å². The Hall–Kier alpha value is -2.33. The van der Waals surface area contributed by atoms with Gasteiger partial charge in [-0.1, -0.05) is 47.9 Å². The second-order valence-electron chi connectivity index (χ2n) is 4.61. The van der Waals surface area contributed by atoms with Crippen LogP contribution in [0.3, 0.4) is 0 Å². The van der Waals surface area contributed by atoms with E-state index in [0.717, 1.165) is 21.9 Å². The number of ether oxygens (including phenoxy) is 1. The molecular formula is C16H14BNO2. The first kappa shape index (κ1) is 12.7. The van der Waals surface area contributed by atoms with Crippen molar-refractivity contribution in [1.82, 2.24) is 4.98 Å². The predicted molar refractivity (Wildman–Crippen MR) is 81.5 cm³/mol. The van der Waals surface area contributed by atoms with Crippen LogP contribution in [0, 0.1) is 0 Å². The molecule has 0 saturated carbocycles. The van der Waals surface area contributed by atoms with Gasteiger partial charge in [0.25, 0.3) is 0 Å². The van der Waals surface area contributed by atoms with Crippen LogP contribution in [-0.4, -0.2) is 17.5 Å². The highest BCUT2D eigenvalue weighted by atomic mass is 16.5. The molecule has 0 amide bonds. The van der Waals surface area contributed by atoms with Crippen molar-refractivity contribution < 1.29 is 9.76 Å². The lowest BCUT2D eigenvalue weighted by atomic mass is 9.88. The molecule has 0 bridgehead atoms. The smallest absolute Gasteiger partial charge is 0.304 e. The third kappa shape index (κ3) is 2.81. The summed E-state index contributed by atoms with van der Waals surface area (Å²) < 4.78 is 5.70. The summed E-state index contributed by atoms with van der Waals surface area (Å²) in [6, 6.07) is 19.5. The molecule has 1 aromatic heterocycles. The fourth-order valence-electron chi connectivity index (χ4n) is 2.07. The van der Waals surface area contributed by atoms with Crippen LogP contribution < -0.4 is 10.2 Å². The zero-order valence-corrected chi connectivity index (χ0v) is 11.0. The molecule has 2 aromatic carbocycles. The van der Waals surface area contributed by atoms with Crippen molar-refractivity contribution >= 4 is 23.8 Å². The van der Waals surface area contributed by atoms with Gasteiger partial charge in [-0.2, -0.15) is 0 Å². The SMILES string of the molecule is OBc1ccc2nc(OCc3ccccc3)ccc2c1. The Labute approximate surface area is 118 Å². The average molecular weight is 263 g/mol. The summed E-state index contributed by atoms with van der Waals surface area (Å²) in [6.45, 7) is 0.508. The van der Waals surface area contributed by atoms with Crippen LogP contribution >= 0.6 is 0 Å². The Morgan fingerprint density at radius 2 is 1.85 bits per heavy atom. The van der Waals surface area contributed by atoms with Gasteiger partial charge in [-0.15, -0.1) is 0 Å². The van der Waals surface area contributed by atoms with Gasteiger partial charge in [0, 0.05) is 6.07 Å². The third-order valence-electron chi connectivity index (χ3n) is 3.14. The van der Waals surface area contributed by atoms with Gasteiger partial charge in [0.15, 0.2) is 0 Å². The van der Waals surface area contributed by atoms with Crippen LogP contribution in [0.15, 0.2) is 60.7 Å². The molecule has 0 aliphatic carbocycles. The molecule has 0 radical (unpaired) electrons. The van der Waals surface area contributed by atoms with Crippen LogP contribution in [-0.2, 0) is 6.61 Å². The van der Waals surface area contributed by atoms with Gasteiger partial charge in [-0.3, -0.25) is 0 Å². The zero-order valence-electron chi connectivity index (χ0n) is 11.0. The number of rotatable bonds is 4. The van der Waals surface area contributed by atoms with E-state index in [4.69, 9.17) is 9.76 Å². The molecular weight excluding hydrogens is 249 g/mol. The Kier molecular flexibility index (Phi) is 3.66. The topological polar surface area (TPSA) is 42.4 Å². The maximum absolute atomic E-state index is 9.12. The zero-order chi connectivity index (χ0) is 13.8. The number of nitrogens with zero attached hydrogens (tertiary/aromatic N) is 1. The Morgan fingerprint density at radius 1 is 1.00 bits per heavy atom. The van der Waals surface area contributed by atoms with Gasteiger partial charge in [-0.25, -0.2) is 4.98 Å². The standard InChI is InChI=1S/C16H14BNO2/c19-17-14-7-8-15-13(10-14)6-9-16(18-15)20-11-12-4-2-1-3-5-12/h1-10,17,19H,11H2. The minimum atomic E-state index is 0.0438. The number of benzene rings is 2. The number of fused-ring (bicyclic) bond motifs is 1. The first-order valence-corrected chi connectivity index (χ1v) is 6.52. The van der Waals surface area contributed by atoms with E-state index in [0.29, 0.717) is 12.5 Å². The van der Waals surface area contributed by atoms with Crippen molar-refractivity contribution in [3.05, 3.63) is 66.2 Å². The van der Waals surface area contributed by atoms with E-state index in [1.165, 1.54) is 0 Å². The Balaban J connectivity index is 1.79. The fourth-order valence-corrected chi connectivity index (χ4v) is 2.07. The maximum atomic E-state index is 9.12. The van der Waals surface area contributed by atoms with Crippen molar-refractivity contribution in [3.63, 3.8) is 0 Å². The Morgan fingerprint density at radius 3 is 2.65 bits per heavy atom. The molecule has 0 saturated heterocycles. The van der Waals surface area contributed by atoms with Crippen LogP contribution in [0.2, 0.25) is 0 Å². The maximum Gasteiger partial charge on any atom is 0.304 e. The van der Waals surface area contributed by atoms with E-state index >= 15 is 0 Å². The summed E-state index contributed by atoms with van der Waals surface area (Å²) in [4.78, 5) is 4.46. The summed E-state index contributed by atoms with van der Waals surface area (Å²) in [7, 11) is 0.0438. The summed E-state index contributed by atoms with van der Waals surface area (Å²) >= 11 is 0. The van der Waals surface area contributed by atoms with Crippen LogP contribution in [0.5, 0.6) is 5.88 Å². The van der Waals surface area contributed by atoms with Crippen LogP contribution in [0.25, 0.3) is 10.9 Å². The summed E-state index contributed by atoms with van der Waals surface area (Å²) in [6.07, 6.45) is 0. The van der Waals surface area contributed by atoms with Gasteiger partial charge < -0.3 is 9.76 Å². The predicted octanol–water partition coefficient (Wildman–Crippen LogP) is 1.78. The third-order valence-corrected chi connectivity index (χ3v) is 3.14. The molecule has 0 spiro atoms. The molecule has 3 rings (SSSR count). The molecule has 98 valence electrons. The lowest BCUT2D eigenvalue weighted by Crippen LogP contribution is -2.12. The molecule has 0 aliphatic rings. The highest BCUT2D eigenvalue weighted by molar-refractivity contribution is 6.45. The molecule has 0 atom stereocenters. The van der Waals surface area contributed by atoms with Crippen molar-refractivity contribution in [1.29, 1.82) is 0 Å². The molecule has 3 aromatic rings. The highest BCUT2D eigenvalue weighted by Gasteiger charge is 2.02. The van der Waals surface area contributed by atoms with Crippen LogP contribution in [0.4, 0.5) is 0 Å². The second kappa shape index (κ2) is 5.76. The van der Waals surface area contributed by atoms with E-state index in [9.17, 15) is 0 Å². The normalized spacial score (nSPS) is 10.4. The molecule has 1 heterocycles. The van der Waals surface area contributed by atoms with Gasteiger partial charge in [0.1, 0.15) is 6.61 Å². The monoisotopic (exact) mass is 263 g/mol.